The molecule has 0 bridgehead atoms. The van der Waals surface area contributed by atoms with E-state index >= 15 is 0 Å². The SMILES string of the molecule is C=C(C)CCC(NCC)c1nc2ccccc2cc1Br. The van der Waals surface area contributed by atoms with E-state index in [2.05, 4.69) is 59.9 Å². The normalized spacial score (nSPS) is 12.6. The lowest BCUT2D eigenvalue weighted by atomic mass is 10.0. The van der Waals surface area contributed by atoms with Crippen molar-refractivity contribution in [3.8, 4) is 0 Å². The summed E-state index contributed by atoms with van der Waals surface area (Å²) in [5, 5.41) is 4.69. The summed E-state index contributed by atoms with van der Waals surface area (Å²) in [6, 6.07) is 10.6. The first-order chi connectivity index (χ1) is 9.61. The van der Waals surface area contributed by atoms with Gasteiger partial charge in [-0.2, -0.15) is 0 Å². The summed E-state index contributed by atoms with van der Waals surface area (Å²) in [5.41, 5.74) is 3.35. The fourth-order valence-corrected chi connectivity index (χ4v) is 2.93. The average Bonchev–Trinajstić information content (AvgIpc) is 2.42. The van der Waals surface area contributed by atoms with Crippen LogP contribution in [0.4, 0.5) is 0 Å². The van der Waals surface area contributed by atoms with E-state index in [4.69, 9.17) is 4.98 Å². The van der Waals surface area contributed by atoms with Gasteiger partial charge in [-0.1, -0.05) is 30.7 Å². The number of benzene rings is 1. The van der Waals surface area contributed by atoms with Crippen molar-refractivity contribution in [2.75, 3.05) is 6.54 Å². The minimum atomic E-state index is 0.260. The topological polar surface area (TPSA) is 24.9 Å². The number of allylic oxidation sites excluding steroid dienone is 1. The van der Waals surface area contributed by atoms with E-state index in [1.165, 1.54) is 11.0 Å². The van der Waals surface area contributed by atoms with Crippen molar-refractivity contribution in [1.29, 1.82) is 0 Å². The molecule has 106 valence electrons. The highest BCUT2D eigenvalue weighted by Crippen LogP contribution is 2.29. The van der Waals surface area contributed by atoms with E-state index < -0.39 is 0 Å². The lowest BCUT2D eigenvalue weighted by Gasteiger charge is -2.19. The van der Waals surface area contributed by atoms with Crippen molar-refractivity contribution in [3.05, 3.63) is 52.7 Å². The van der Waals surface area contributed by atoms with Crippen LogP contribution in [0.3, 0.4) is 0 Å². The van der Waals surface area contributed by atoms with Gasteiger partial charge < -0.3 is 5.32 Å². The summed E-state index contributed by atoms with van der Waals surface area (Å²) < 4.78 is 1.07. The molecule has 1 heterocycles. The molecular formula is C17H21BrN2. The Morgan fingerprint density at radius 3 is 2.85 bits per heavy atom. The van der Waals surface area contributed by atoms with Crippen molar-refractivity contribution in [2.45, 2.75) is 32.7 Å². The van der Waals surface area contributed by atoms with Gasteiger partial charge in [0.05, 0.1) is 17.3 Å². The van der Waals surface area contributed by atoms with E-state index in [0.29, 0.717) is 0 Å². The summed E-state index contributed by atoms with van der Waals surface area (Å²) in [5.74, 6) is 0. The zero-order chi connectivity index (χ0) is 14.5. The van der Waals surface area contributed by atoms with Gasteiger partial charge in [-0.3, -0.25) is 0 Å². The van der Waals surface area contributed by atoms with Crippen LogP contribution in [-0.4, -0.2) is 11.5 Å². The van der Waals surface area contributed by atoms with Gasteiger partial charge in [0, 0.05) is 9.86 Å². The molecular weight excluding hydrogens is 312 g/mol. The Balaban J connectivity index is 2.35. The predicted molar refractivity (Wildman–Crippen MR) is 89.9 cm³/mol. The van der Waals surface area contributed by atoms with Gasteiger partial charge in [0.15, 0.2) is 0 Å². The number of pyridine rings is 1. The second kappa shape index (κ2) is 7.00. The molecule has 0 spiro atoms. The predicted octanol–water partition coefficient (Wildman–Crippen LogP) is 5.00. The van der Waals surface area contributed by atoms with E-state index in [-0.39, 0.29) is 6.04 Å². The lowest BCUT2D eigenvalue weighted by molar-refractivity contribution is 0.502. The van der Waals surface area contributed by atoms with Gasteiger partial charge >= 0.3 is 0 Å². The standard InChI is InChI=1S/C17H21BrN2/c1-4-19-16(10-9-12(2)3)17-14(18)11-13-7-5-6-8-15(13)20-17/h5-8,11,16,19H,2,4,9-10H2,1,3H3. The molecule has 20 heavy (non-hydrogen) atoms. The lowest BCUT2D eigenvalue weighted by Crippen LogP contribution is -2.22. The Kier molecular flexibility index (Phi) is 5.32. The van der Waals surface area contributed by atoms with Crippen LogP contribution in [0, 0.1) is 0 Å². The Bertz CT molecular complexity index is 607. The van der Waals surface area contributed by atoms with Crippen LogP contribution in [0.1, 0.15) is 38.4 Å². The van der Waals surface area contributed by atoms with Crippen molar-refractivity contribution in [2.24, 2.45) is 0 Å². The van der Waals surface area contributed by atoms with Crippen LogP contribution in [0.2, 0.25) is 0 Å². The second-order valence-corrected chi connectivity index (χ2v) is 6.01. The monoisotopic (exact) mass is 332 g/mol. The molecule has 1 N–H and O–H groups in total. The van der Waals surface area contributed by atoms with Gasteiger partial charge in [0.2, 0.25) is 0 Å². The maximum Gasteiger partial charge on any atom is 0.0722 e. The number of fused-ring (bicyclic) bond motifs is 1. The third kappa shape index (κ3) is 3.68. The molecule has 1 atom stereocenters. The van der Waals surface area contributed by atoms with E-state index in [1.807, 2.05) is 12.1 Å². The molecule has 2 aromatic rings. The molecule has 0 saturated carbocycles. The maximum atomic E-state index is 4.83. The van der Waals surface area contributed by atoms with Gasteiger partial charge in [0.25, 0.3) is 0 Å². The summed E-state index contributed by atoms with van der Waals surface area (Å²) in [6.45, 7) is 9.13. The van der Waals surface area contributed by atoms with Crippen LogP contribution in [0.25, 0.3) is 10.9 Å². The smallest absolute Gasteiger partial charge is 0.0722 e. The molecule has 0 saturated heterocycles. The molecule has 3 heteroatoms. The number of rotatable bonds is 6. The van der Waals surface area contributed by atoms with Gasteiger partial charge in [-0.05, 0) is 54.4 Å². The molecule has 2 nitrogen and oxygen atoms in total. The first-order valence-corrected chi connectivity index (χ1v) is 7.84. The maximum absolute atomic E-state index is 4.83. The molecule has 1 aromatic carbocycles. The fraction of sp³-hybridized carbons (Fsp3) is 0.353. The highest BCUT2D eigenvalue weighted by Gasteiger charge is 2.16. The molecule has 1 aromatic heterocycles. The number of hydrogen-bond donors (Lipinski definition) is 1. The number of hydrogen-bond acceptors (Lipinski definition) is 2. The minimum absolute atomic E-state index is 0.260. The summed E-state index contributed by atoms with van der Waals surface area (Å²) in [6.07, 6.45) is 2.03. The number of nitrogens with zero attached hydrogens (tertiary/aromatic N) is 1. The first-order valence-electron chi connectivity index (χ1n) is 7.04. The molecule has 0 aliphatic heterocycles. The van der Waals surface area contributed by atoms with Crippen molar-refractivity contribution in [3.63, 3.8) is 0 Å². The fourth-order valence-electron chi connectivity index (χ4n) is 2.32. The van der Waals surface area contributed by atoms with Gasteiger partial charge in [0.1, 0.15) is 0 Å². The van der Waals surface area contributed by atoms with Crippen LogP contribution in [-0.2, 0) is 0 Å². The Labute approximate surface area is 129 Å². The number of para-hydroxylation sites is 1. The molecule has 0 aliphatic carbocycles. The highest BCUT2D eigenvalue weighted by atomic mass is 79.9. The molecule has 2 rings (SSSR count). The van der Waals surface area contributed by atoms with Crippen molar-refractivity contribution < 1.29 is 0 Å². The Morgan fingerprint density at radius 1 is 1.40 bits per heavy atom. The largest absolute Gasteiger partial charge is 0.309 e. The van der Waals surface area contributed by atoms with Crippen LogP contribution in [0.15, 0.2) is 47.0 Å². The highest BCUT2D eigenvalue weighted by molar-refractivity contribution is 9.10. The third-order valence-electron chi connectivity index (χ3n) is 3.34. The number of aromatic nitrogens is 1. The summed E-state index contributed by atoms with van der Waals surface area (Å²) in [7, 11) is 0. The van der Waals surface area contributed by atoms with E-state index in [0.717, 1.165) is 35.1 Å². The molecule has 0 radical (unpaired) electrons. The quantitative estimate of drug-likeness (QED) is 0.752. The number of nitrogens with one attached hydrogen (secondary N) is 1. The zero-order valence-electron chi connectivity index (χ0n) is 12.1. The van der Waals surface area contributed by atoms with Gasteiger partial charge in [-0.15, -0.1) is 6.58 Å². The Morgan fingerprint density at radius 2 is 2.15 bits per heavy atom. The van der Waals surface area contributed by atoms with Crippen molar-refractivity contribution in [1.82, 2.24) is 10.3 Å². The van der Waals surface area contributed by atoms with Crippen LogP contribution in [0.5, 0.6) is 0 Å². The molecule has 0 amide bonds. The summed E-state index contributed by atoms with van der Waals surface area (Å²) >= 11 is 3.67. The molecule has 1 unspecified atom stereocenters. The molecule has 0 fully saturated rings. The van der Waals surface area contributed by atoms with Crippen LogP contribution >= 0.6 is 15.9 Å². The first kappa shape index (κ1) is 15.2. The summed E-state index contributed by atoms with van der Waals surface area (Å²) in [4.78, 5) is 4.83. The minimum Gasteiger partial charge on any atom is -0.309 e. The van der Waals surface area contributed by atoms with Crippen molar-refractivity contribution >= 4 is 26.8 Å². The zero-order valence-corrected chi connectivity index (χ0v) is 13.7. The molecule has 0 aliphatic rings. The van der Waals surface area contributed by atoms with E-state index in [1.54, 1.807) is 0 Å². The second-order valence-electron chi connectivity index (χ2n) is 5.15. The number of halogens is 1. The van der Waals surface area contributed by atoms with Crippen LogP contribution < -0.4 is 5.32 Å². The average molecular weight is 333 g/mol. The van der Waals surface area contributed by atoms with E-state index in [9.17, 15) is 0 Å². The Hall–Kier alpha value is -1.19. The third-order valence-corrected chi connectivity index (χ3v) is 3.98. The van der Waals surface area contributed by atoms with Gasteiger partial charge in [-0.25, -0.2) is 4.98 Å².